The second kappa shape index (κ2) is 6.15. The predicted molar refractivity (Wildman–Crippen MR) is 91.4 cm³/mol. The highest BCUT2D eigenvalue weighted by Gasteiger charge is 2.34. The summed E-state index contributed by atoms with van der Waals surface area (Å²) in [6.45, 7) is 4.92. The fraction of sp³-hybridized carbons (Fsp3) is 0.353. The third-order valence-corrected chi connectivity index (χ3v) is 4.42. The average Bonchev–Trinajstić information content (AvgIpc) is 3.06. The summed E-state index contributed by atoms with van der Waals surface area (Å²) in [5.74, 6) is 0.704. The van der Waals surface area contributed by atoms with Crippen molar-refractivity contribution in [3.8, 4) is 0 Å². The molecule has 0 spiro atoms. The summed E-state index contributed by atoms with van der Waals surface area (Å²) in [4.78, 5) is 16.6. The lowest BCUT2D eigenvalue weighted by Crippen LogP contribution is -2.47. The van der Waals surface area contributed by atoms with Crippen molar-refractivity contribution in [1.29, 1.82) is 0 Å². The number of fused-ring (bicyclic) bond motifs is 1. The molecule has 0 radical (unpaired) electrons. The quantitative estimate of drug-likeness (QED) is 0.702. The number of hydrogen-bond donors (Lipinski definition) is 0. The van der Waals surface area contributed by atoms with Crippen molar-refractivity contribution < 1.29 is 13.2 Å². The summed E-state index contributed by atoms with van der Waals surface area (Å²) in [5, 5.41) is 0. The largest absolute Gasteiger partial charge is 0.434 e. The Morgan fingerprint density at radius 2 is 1.58 bits per heavy atom. The van der Waals surface area contributed by atoms with Gasteiger partial charge in [0, 0.05) is 51.0 Å². The molecule has 26 heavy (non-hydrogen) atoms. The molecule has 1 aliphatic rings. The smallest absolute Gasteiger partial charge is 0.367 e. The van der Waals surface area contributed by atoms with Crippen LogP contribution in [0.25, 0.3) is 5.65 Å². The number of aromatic nitrogens is 4. The van der Waals surface area contributed by atoms with E-state index in [9.17, 15) is 13.2 Å². The molecule has 0 atom stereocenters. The normalized spacial score (nSPS) is 15.7. The molecule has 4 heterocycles. The number of nitrogens with zero attached hydrogens (tertiary/aromatic N) is 6. The van der Waals surface area contributed by atoms with Gasteiger partial charge in [-0.15, -0.1) is 0 Å². The van der Waals surface area contributed by atoms with E-state index in [0.29, 0.717) is 5.95 Å². The second-order valence-corrected chi connectivity index (χ2v) is 6.31. The Labute approximate surface area is 147 Å². The van der Waals surface area contributed by atoms with E-state index in [0.717, 1.165) is 43.6 Å². The van der Waals surface area contributed by atoms with Crippen LogP contribution in [0.5, 0.6) is 0 Å². The van der Waals surface area contributed by atoms with Crippen LogP contribution in [0, 0.1) is 6.92 Å². The standard InChI is InChI=1S/C17H17F3N6/c1-12-8-21-16(22-9-12)25-6-4-24(5-7-25)13-2-3-15-23-14(17(18,19)20)11-26(15)10-13/h2-3,8-11H,4-7H2,1H3. The Morgan fingerprint density at radius 1 is 0.923 bits per heavy atom. The fourth-order valence-electron chi connectivity index (χ4n) is 3.02. The van der Waals surface area contributed by atoms with E-state index in [1.165, 1.54) is 4.40 Å². The Morgan fingerprint density at radius 3 is 2.23 bits per heavy atom. The molecule has 0 saturated carbocycles. The molecule has 1 fully saturated rings. The molecule has 0 aromatic carbocycles. The number of aryl methyl sites for hydroxylation is 1. The summed E-state index contributed by atoms with van der Waals surface area (Å²) in [7, 11) is 0. The maximum absolute atomic E-state index is 12.8. The van der Waals surface area contributed by atoms with Gasteiger partial charge in [-0.05, 0) is 24.6 Å². The van der Waals surface area contributed by atoms with Gasteiger partial charge in [0.15, 0.2) is 5.69 Å². The number of pyridine rings is 1. The Hall–Kier alpha value is -2.84. The van der Waals surface area contributed by atoms with E-state index < -0.39 is 11.9 Å². The summed E-state index contributed by atoms with van der Waals surface area (Å²) in [6.07, 6.45) is 1.86. The van der Waals surface area contributed by atoms with Gasteiger partial charge in [0.05, 0.1) is 5.69 Å². The van der Waals surface area contributed by atoms with Gasteiger partial charge in [-0.1, -0.05) is 0 Å². The van der Waals surface area contributed by atoms with Gasteiger partial charge in [0.2, 0.25) is 5.95 Å². The van der Waals surface area contributed by atoms with Crippen LogP contribution < -0.4 is 9.80 Å². The maximum atomic E-state index is 12.8. The van der Waals surface area contributed by atoms with Gasteiger partial charge in [-0.3, -0.25) is 0 Å². The first-order valence-electron chi connectivity index (χ1n) is 8.25. The molecule has 3 aromatic rings. The molecule has 6 nitrogen and oxygen atoms in total. The number of rotatable bonds is 2. The van der Waals surface area contributed by atoms with E-state index in [4.69, 9.17) is 0 Å². The van der Waals surface area contributed by atoms with Crippen LogP contribution in [0.1, 0.15) is 11.3 Å². The highest BCUT2D eigenvalue weighted by atomic mass is 19.4. The Bertz CT molecular complexity index is 910. The third kappa shape index (κ3) is 3.16. The predicted octanol–water partition coefficient (Wildman–Crippen LogP) is 2.78. The van der Waals surface area contributed by atoms with Crippen LogP contribution in [-0.2, 0) is 6.18 Å². The van der Waals surface area contributed by atoms with E-state index in [1.54, 1.807) is 30.7 Å². The van der Waals surface area contributed by atoms with Crippen molar-refractivity contribution in [3.05, 3.63) is 48.2 Å². The van der Waals surface area contributed by atoms with Gasteiger partial charge in [0.25, 0.3) is 0 Å². The number of hydrogen-bond acceptors (Lipinski definition) is 5. The van der Waals surface area contributed by atoms with Gasteiger partial charge in [-0.25, -0.2) is 15.0 Å². The molecular formula is C17H17F3N6. The van der Waals surface area contributed by atoms with Crippen molar-refractivity contribution in [2.24, 2.45) is 0 Å². The van der Waals surface area contributed by atoms with Crippen LogP contribution >= 0.6 is 0 Å². The number of imidazole rings is 1. The van der Waals surface area contributed by atoms with Gasteiger partial charge in [0.1, 0.15) is 5.65 Å². The summed E-state index contributed by atoms with van der Waals surface area (Å²) in [6, 6.07) is 3.42. The highest BCUT2D eigenvalue weighted by Crippen LogP contribution is 2.29. The topological polar surface area (TPSA) is 49.6 Å². The minimum Gasteiger partial charge on any atom is -0.367 e. The summed E-state index contributed by atoms with van der Waals surface area (Å²) < 4.78 is 39.8. The van der Waals surface area contributed by atoms with Crippen molar-refractivity contribution in [3.63, 3.8) is 0 Å². The molecule has 1 aliphatic heterocycles. The van der Waals surface area contributed by atoms with E-state index >= 15 is 0 Å². The Balaban J connectivity index is 1.49. The molecule has 0 unspecified atom stereocenters. The zero-order valence-corrected chi connectivity index (χ0v) is 14.1. The minimum atomic E-state index is -4.44. The van der Waals surface area contributed by atoms with E-state index in [-0.39, 0.29) is 5.65 Å². The van der Waals surface area contributed by atoms with Crippen LogP contribution in [0.15, 0.2) is 36.9 Å². The van der Waals surface area contributed by atoms with Crippen LogP contribution in [0.4, 0.5) is 24.8 Å². The van der Waals surface area contributed by atoms with E-state index in [2.05, 4.69) is 24.8 Å². The third-order valence-electron chi connectivity index (χ3n) is 4.42. The zero-order chi connectivity index (χ0) is 18.3. The van der Waals surface area contributed by atoms with Gasteiger partial charge in [-0.2, -0.15) is 13.2 Å². The SMILES string of the molecule is Cc1cnc(N2CCN(c3ccc4nc(C(F)(F)F)cn4c3)CC2)nc1. The number of piperazine rings is 1. The first-order chi connectivity index (χ1) is 12.4. The van der Waals surface area contributed by atoms with Crippen LogP contribution in [0.3, 0.4) is 0 Å². The van der Waals surface area contributed by atoms with Crippen LogP contribution in [0.2, 0.25) is 0 Å². The first kappa shape index (κ1) is 16.6. The summed E-state index contributed by atoms with van der Waals surface area (Å²) >= 11 is 0. The molecular weight excluding hydrogens is 345 g/mol. The fourth-order valence-corrected chi connectivity index (χ4v) is 3.02. The molecule has 1 saturated heterocycles. The number of anilines is 2. The molecule has 0 N–H and O–H groups in total. The lowest BCUT2D eigenvalue weighted by Gasteiger charge is -2.36. The van der Waals surface area contributed by atoms with Crippen molar-refractivity contribution in [1.82, 2.24) is 19.4 Å². The second-order valence-electron chi connectivity index (χ2n) is 6.31. The van der Waals surface area contributed by atoms with Gasteiger partial charge < -0.3 is 14.2 Å². The number of alkyl halides is 3. The Kier molecular flexibility index (Phi) is 3.93. The molecule has 0 aliphatic carbocycles. The molecule has 0 bridgehead atoms. The first-order valence-corrected chi connectivity index (χ1v) is 8.25. The molecule has 9 heteroatoms. The lowest BCUT2D eigenvalue weighted by molar-refractivity contribution is -0.140. The van der Waals surface area contributed by atoms with Crippen molar-refractivity contribution in [2.75, 3.05) is 36.0 Å². The van der Waals surface area contributed by atoms with Crippen molar-refractivity contribution in [2.45, 2.75) is 13.1 Å². The van der Waals surface area contributed by atoms with Gasteiger partial charge >= 0.3 is 6.18 Å². The van der Waals surface area contributed by atoms with Crippen LogP contribution in [-0.4, -0.2) is 45.5 Å². The highest BCUT2D eigenvalue weighted by molar-refractivity contribution is 5.53. The average molecular weight is 362 g/mol. The minimum absolute atomic E-state index is 0.285. The molecule has 0 amide bonds. The number of halogens is 3. The summed E-state index contributed by atoms with van der Waals surface area (Å²) in [5.41, 5.74) is 1.29. The molecule has 3 aromatic heterocycles. The monoisotopic (exact) mass is 362 g/mol. The lowest BCUT2D eigenvalue weighted by atomic mass is 10.3. The zero-order valence-electron chi connectivity index (χ0n) is 14.1. The molecule has 4 rings (SSSR count). The van der Waals surface area contributed by atoms with Crippen molar-refractivity contribution >= 4 is 17.3 Å². The molecule has 136 valence electrons. The maximum Gasteiger partial charge on any atom is 0.434 e. The van der Waals surface area contributed by atoms with E-state index in [1.807, 2.05) is 6.92 Å².